The zero-order valence-corrected chi connectivity index (χ0v) is 9.14. The van der Waals surface area contributed by atoms with Crippen molar-refractivity contribution in [2.24, 2.45) is 5.73 Å². The molecule has 0 saturated heterocycles. The number of nitrogens with two attached hydrogens (primary N) is 1. The molecule has 2 atom stereocenters. The molecule has 2 aromatic rings. The normalized spacial score (nSPS) is 23.1. The Morgan fingerprint density at radius 2 is 1.50 bits per heavy atom. The van der Waals surface area contributed by atoms with E-state index in [1.165, 1.54) is 16.7 Å². The number of rotatable bonds is 2. The van der Waals surface area contributed by atoms with Gasteiger partial charge in [0.2, 0.25) is 0 Å². The molecule has 0 aromatic heterocycles. The Bertz CT molecular complexity index is 490. The van der Waals surface area contributed by atoms with Crippen molar-refractivity contribution < 1.29 is 0 Å². The fourth-order valence-electron chi connectivity index (χ4n) is 2.27. The molecule has 0 bridgehead atoms. The average molecular weight is 209 g/mol. The van der Waals surface area contributed by atoms with Gasteiger partial charge in [-0.3, -0.25) is 0 Å². The fourth-order valence-corrected chi connectivity index (χ4v) is 2.27. The van der Waals surface area contributed by atoms with Crippen LogP contribution in [0.15, 0.2) is 54.6 Å². The van der Waals surface area contributed by atoms with Crippen LogP contribution in [0.2, 0.25) is 0 Å². The van der Waals surface area contributed by atoms with Crippen molar-refractivity contribution in [3.63, 3.8) is 0 Å². The molecule has 0 heterocycles. The molecule has 0 radical (unpaired) electrons. The summed E-state index contributed by atoms with van der Waals surface area (Å²) in [5, 5.41) is 0. The first kappa shape index (κ1) is 9.61. The summed E-state index contributed by atoms with van der Waals surface area (Å²) >= 11 is 0. The first-order valence-corrected chi connectivity index (χ1v) is 5.76. The molecule has 0 spiro atoms. The molecule has 1 aliphatic carbocycles. The predicted molar refractivity (Wildman–Crippen MR) is 67.2 cm³/mol. The summed E-state index contributed by atoms with van der Waals surface area (Å²) < 4.78 is 0. The van der Waals surface area contributed by atoms with Gasteiger partial charge in [0.25, 0.3) is 0 Å². The van der Waals surface area contributed by atoms with Gasteiger partial charge in [0.1, 0.15) is 0 Å². The van der Waals surface area contributed by atoms with Crippen molar-refractivity contribution in [1.29, 1.82) is 0 Å². The van der Waals surface area contributed by atoms with Crippen LogP contribution in [0, 0.1) is 0 Å². The maximum atomic E-state index is 5.95. The van der Waals surface area contributed by atoms with Gasteiger partial charge in [0.15, 0.2) is 0 Å². The third-order valence-corrected chi connectivity index (χ3v) is 3.28. The van der Waals surface area contributed by atoms with Gasteiger partial charge in [0.05, 0.1) is 0 Å². The smallest absolute Gasteiger partial charge is 0.0115 e. The summed E-state index contributed by atoms with van der Waals surface area (Å²) in [4.78, 5) is 0. The van der Waals surface area contributed by atoms with Crippen LogP contribution in [-0.4, -0.2) is 6.04 Å². The van der Waals surface area contributed by atoms with Crippen molar-refractivity contribution in [3.8, 4) is 11.1 Å². The molecule has 1 nitrogen and oxygen atoms in total. The minimum atomic E-state index is 0.366. The summed E-state index contributed by atoms with van der Waals surface area (Å²) in [6.45, 7) is 0. The van der Waals surface area contributed by atoms with Crippen LogP contribution < -0.4 is 5.73 Å². The van der Waals surface area contributed by atoms with Gasteiger partial charge in [-0.05, 0) is 23.1 Å². The van der Waals surface area contributed by atoms with E-state index < -0.39 is 0 Å². The Morgan fingerprint density at radius 3 is 2.19 bits per heavy atom. The molecular formula is C15H15N. The van der Waals surface area contributed by atoms with Gasteiger partial charge in [-0.1, -0.05) is 54.6 Å². The molecular weight excluding hydrogens is 194 g/mol. The topological polar surface area (TPSA) is 26.0 Å². The highest BCUT2D eigenvalue weighted by molar-refractivity contribution is 5.68. The third kappa shape index (κ3) is 1.63. The van der Waals surface area contributed by atoms with Crippen LogP contribution in [0.5, 0.6) is 0 Å². The first-order chi connectivity index (χ1) is 7.86. The van der Waals surface area contributed by atoms with Gasteiger partial charge in [-0.2, -0.15) is 0 Å². The minimum absolute atomic E-state index is 0.366. The molecule has 1 heteroatoms. The van der Waals surface area contributed by atoms with Crippen LogP contribution in [0.3, 0.4) is 0 Å². The number of benzene rings is 2. The van der Waals surface area contributed by atoms with Gasteiger partial charge in [-0.25, -0.2) is 0 Å². The lowest BCUT2D eigenvalue weighted by molar-refractivity contribution is 0.992. The van der Waals surface area contributed by atoms with Gasteiger partial charge < -0.3 is 5.73 Å². The van der Waals surface area contributed by atoms with Crippen molar-refractivity contribution in [2.45, 2.75) is 18.4 Å². The molecule has 0 unspecified atom stereocenters. The molecule has 2 aromatic carbocycles. The Balaban J connectivity index is 2.07. The Hall–Kier alpha value is -1.60. The largest absolute Gasteiger partial charge is 0.327 e. The lowest BCUT2D eigenvalue weighted by atomic mass is 9.97. The quantitative estimate of drug-likeness (QED) is 0.807. The molecule has 16 heavy (non-hydrogen) atoms. The number of hydrogen-bond donors (Lipinski definition) is 1. The predicted octanol–water partition coefficient (Wildman–Crippen LogP) is 3.17. The van der Waals surface area contributed by atoms with E-state index in [9.17, 15) is 0 Å². The molecule has 80 valence electrons. The lowest BCUT2D eigenvalue weighted by Crippen LogP contribution is -2.01. The highest BCUT2D eigenvalue weighted by atomic mass is 14.7. The third-order valence-electron chi connectivity index (χ3n) is 3.28. The summed E-state index contributed by atoms with van der Waals surface area (Å²) in [6.07, 6.45) is 1.13. The summed E-state index contributed by atoms with van der Waals surface area (Å²) in [5.74, 6) is 0.566. The summed E-state index contributed by atoms with van der Waals surface area (Å²) in [7, 11) is 0. The van der Waals surface area contributed by atoms with E-state index in [-0.39, 0.29) is 0 Å². The molecule has 1 saturated carbocycles. The van der Waals surface area contributed by atoms with Crippen LogP contribution in [0.25, 0.3) is 11.1 Å². The Morgan fingerprint density at radius 1 is 0.875 bits per heavy atom. The molecule has 1 fully saturated rings. The van der Waals surface area contributed by atoms with Crippen molar-refractivity contribution in [3.05, 3.63) is 60.2 Å². The van der Waals surface area contributed by atoms with Crippen LogP contribution in [-0.2, 0) is 0 Å². The zero-order valence-electron chi connectivity index (χ0n) is 9.14. The second-order valence-electron chi connectivity index (χ2n) is 4.46. The number of hydrogen-bond acceptors (Lipinski definition) is 1. The SMILES string of the molecule is N[C@@H]1C[C@H]1c1ccccc1-c1ccccc1. The Labute approximate surface area is 95.9 Å². The lowest BCUT2D eigenvalue weighted by Gasteiger charge is -2.08. The zero-order chi connectivity index (χ0) is 11.0. The summed E-state index contributed by atoms with van der Waals surface area (Å²) in [6, 6.07) is 19.5. The van der Waals surface area contributed by atoms with E-state index in [4.69, 9.17) is 5.73 Å². The standard InChI is InChI=1S/C15H15N/c16-15-10-14(15)13-9-5-4-8-12(13)11-6-2-1-3-7-11/h1-9,14-15H,10,16H2/t14-,15+/m0/s1. The minimum Gasteiger partial charge on any atom is -0.327 e. The van der Waals surface area contributed by atoms with E-state index in [1.54, 1.807) is 0 Å². The van der Waals surface area contributed by atoms with Crippen molar-refractivity contribution in [1.82, 2.24) is 0 Å². The second-order valence-corrected chi connectivity index (χ2v) is 4.46. The van der Waals surface area contributed by atoms with Gasteiger partial charge >= 0.3 is 0 Å². The van der Waals surface area contributed by atoms with E-state index in [1.807, 2.05) is 0 Å². The molecule has 0 aliphatic heterocycles. The molecule has 2 N–H and O–H groups in total. The van der Waals surface area contributed by atoms with E-state index in [0.717, 1.165) is 6.42 Å². The Kier molecular flexibility index (Phi) is 2.26. The van der Waals surface area contributed by atoms with Crippen LogP contribution in [0.1, 0.15) is 17.9 Å². The van der Waals surface area contributed by atoms with E-state index >= 15 is 0 Å². The fraction of sp³-hybridized carbons (Fsp3) is 0.200. The van der Waals surface area contributed by atoms with Gasteiger partial charge in [0, 0.05) is 12.0 Å². The first-order valence-electron chi connectivity index (χ1n) is 5.76. The molecule has 0 amide bonds. The maximum absolute atomic E-state index is 5.95. The van der Waals surface area contributed by atoms with Crippen LogP contribution >= 0.6 is 0 Å². The van der Waals surface area contributed by atoms with E-state index in [0.29, 0.717) is 12.0 Å². The monoisotopic (exact) mass is 209 g/mol. The van der Waals surface area contributed by atoms with E-state index in [2.05, 4.69) is 54.6 Å². The maximum Gasteiger partial charge on any atom is 0.0115 e. The van der Waals surface area contributed by atoms with Crippen LogP contribution in [0.4, 0.5) is 0 Å². The molecule has 1 aliphatic rings. The summed E-state index contributed by atoms with van der Waals surface area (Å²) in [5.41, 5.74) is 9.97. The highest BCUT2D eigenvalue weighted by Gasteiger charge is 2.36. The van der Waals surface area contributed by atoms with Crippen molar-refractivity contribution in [2.75, 3.05) is 0 Å². The van der Waals surface area contributed by atoms with Crippen molar-refractivity contribution >= 4 is 0 Å². The van der Waals surface area contributed by atoms with Gasteiger partial charge in [-0.15, -0.1) is 0 Å². The highest BCUT2D eigenvalue weighted by Crippen LogP contribution is 2.43. The second kappa shape index (κ2) is 3.76. The molecule has 3 rings (SSSR count). The average Bonchev–Trinajstić information content (AvgIpc) is 3.08.